The van der Waals surface area contributed by atoms with Crippen molar-refractivity contribution >= 4 is 17.5 Å². The number of rotatable bonds is 6. The van der Waals surface area contributed by atoms with Gasteiger partial charge in [0.1, 0.15) is 12.3 Å². The fourth-order valence-electron chi connectivity index (χ4n) is 2.30. The molecule has 114 valence electrons. The van der Waals surface area contributed by atoms with Crippen molar-refractivity contribution in [1.29, 1.82) is 0 Å². The Labute approximate surface area is 125 Å². The van der Waals surface area contributed by atoms with E-state index in [9.17, 15) is 9.59 Å². The van der Waals surface area contributed by atoms with E-state index < -0.39 is 6.10 Å². The molecule has 0 unspecified atom stereocenters. The first kappa shape index (κ1) is 15.4. The van der Waals surface area contributed by atoms with Crippen LogP contribution in [0.2, 0.25) is 0 Å². The zero-order chi connectivity index (χ0) is 15.2. The van der Waals surface area contributed by atoms with E-state index in [1.165, 1.54) is 4.90 Å². The summed E-state index contributed by atoms with van der Waals surface area (Å²) in [5.41, 5.74) is 0.665. The second-order valence-corrected chi connectivity index (χ2v) is 5.11. The highest BCUT2D eigenvalue weighted by Crippen LogP contribution is 2.34. The number of hydrogen-bond acceptors (Lipinski definition) is 3. The molecule has 5 heteroatoms. The summed E-state index contributed by atoms with van der Waals surface area (Å²) < 4.78 is 5.68. The number of amides is 2. The van der Waals surface area contributed by atoms with Gasteiger partial charge in [0.15, 0.2) is 6.10 Å². The van der Waals surface area contributed by atoms with E-state index in [0.29, 0.717) is 24.4 Å². The predicted octanol–water partition coefficient (Wildman–Crippen LogP) is 2.11. The van der Waals surface area contributed by atoms with Crippen LogP contribution in [0.15, 0.2) is 24.3 Å². The molecule has 0 saturated heterocycles. The van der Waals surface area contributed by atoms with Gasteiger partial charge in [0.2, 0.25) is 5.91 Å². The average molecular weight is 290 g/mol. The number of nitrogens with one attached hydrogen (secondary N) is 1. The van der Waals surface area contributed by atoms with Crippen LogP contribution < -0.4 is 15.0 Å². The van der Waals surface area contributed by atoms with Crippen molar-refractivity contribution in [2.45, 2.75) is 39.2 Å². The Morgan fingerprint density at radius 3 is 2.81 bits per heavy atom. The molecule has 2 rings (SSSR count). The minimum absolute atomic E-state index is 0.0411. The summed E-state index contributed by atoms with van der Waals surface area (Å²) in [5.74, 6) is 0.371. The van der Waals surface area contributed by atoms with Crippen LogP contribution in [0.25, 0.3) is 0 Å². The minimum atomic E-state index is -0.511. The SMILES string of the molecule is CCCCNC(=O)CN1C(=O)[C@H](CC)Oc2ccccc21. The molecule has 0 aliphatic carbocycles. The van der Waals surface area contributed by atoms with Gasteiger partial charge in [0.05, 0.1) is 5.69 Å². The number of benzene rings is 1. The van der Waals surface area contributed by atoms with Crippen LogP contribution >= 0.6 is 0 Å². The number of nitrogens with zero attached hydrogens (tertiary/aromatic N) is 1. The van der Waals surface area contributed by atoms with Gasteiger partial charge in [-0.3, -0.25) is 14.5 Å². The highest BCUT2D eigenvalue weighted by Gasteiger charge is 2.33. The van der Waals surface area contributed by atoms with Gasteiger partial charge in [-0.2, -0.15) is 0 Å². The molecule has 1 heterocycles. The molecule has 1 aromatic rings. The highest BCUT2D eigenvalue weighted by atomic mass is 16.5. The van der Waals surface area contributed by atoms with E-state index in [4.69, 9.17) is 4.74 Å². The molecule has 0 bridgehead atoms. The third kappa shape index (κ3) is 3.54. The first-order valence-corrected chi connectivity index (χ1v) is 7.51. The van der Waals surface area contributed by atoms with Gasteiger partial charge in [0, 0.05) is 6.54 Å². The van der Waals surface area contributed by atoms with E-state index in [2.05, 4.69) is 12.2 Å². The standard InChI is InChI=1S/C16H22N2O3/c1-3-5-10-17-15(19)11-18-12-8-6-7-9-14(12)21-13(4-2)16(18)20/h6-9,13H,3-5,10-11H2,1-2H3,(H,17,19)/t13-/m0/s1. The third-order valence-corrected chi connectivity index (χ3v) is 3.49. The summed E-state index contributed by atoms with van der Waals surface area (Å²) in [4.78, 5) is 25.9. The number of fused-ring (bicyclic) bond motifs is 1. The van der Waals surface area contributed by atoms with Crippen LogP contribution in [0, 0.1) is 0 Å². The Bertz CT molecular complexity index is 516. The molecular weight excluding hydrogens is 268 g/mol. The normalized spacial score (nSPS) is 17.1. The fraction of sp³-hybridized carbons (Fsp3) is 0.500. The van der Waals surface area contributed by atoms with Gasteiger partial charge in [-0.25, -0.2) is 0 Å². The Kier molecular flexibility index (Phi) is 5.20. The summed E-state index contributed by atoms with van der Waals surface area (Å²) in [6.45, 7) is 4.65. The first-order chi connectivity index (χ1) is 10.2. The van der Waals surface area contributed by atoms with Crippen molar-refractivity contribution in [3.05, 3.63) is 24.3 Å². The number of hydrogen-bond donors (Lipinski definition) is 1. The third-order valence-electron chi connectivity index (χ3n) is 3.49. The number of carbonyl (C=O) groups is 2. The largest absolute Gasteiger partial charge is 0.478 e. The van der Waals surface area contributed by atoms with Crippen molar-refractivity contribution < 1.29 is 14.3 Å². The molecule has 2 amide bonds. The maximum atomic E-state index is 12.4. The number of anilines is 1. The van der Waals surface area contributed by atoms with Gasteiger partial charge in [-0.15, -0.1) is 0 Å². The zero-order valence-corrected chi connectivity index (χ0v) is 12.6. The number of ether oxygens (including phenoxy) is 1. The number of carbonyl (C=O) groups excluding carboxylic acids is 2. The Morgan fingerprint density at radius 1 is 1.33 bits per heavy atom. The lowest BCUT2D eigenvalue weighted by Gasteiger charge is -2.33. The summed E-state index contributed by atoms with van der Waals surface area (Å²) in [6.07, 6.45) is 2.04. The van der Waals surface area contributed by atoms with Crippen molar-refractivity contribution in [2.24, 2.45) is 0 Å². The van der Waals surface area contributed by atoms with Crippen molar-refractivity contribution in [3.63, 3.8) is 0 Å². The molecule has 1 atom stereocenters. The van der Waals surface area contributed by atoms with Crippen LogP contribution in [0.3, 0.4) is 0 Å². The zero-order valence-electron chi connectivity index (χ0n) is 12.6. The van der Waals surface area contributed by atoms with Gasteiger partial charge < -0.3 is 10.1 Å². The Balaban J connectivity index is 2.12. The average Bonchev–Trinajstić information content (AvgIpc) is 2.50. The van der Waals surface area contributed by atoms with Crippen LogP contribution in [-0.4, -0.2) is 31.0 Å². The maximum Gasteiger partial charge on any atom is 0.268 e. The van der Waals surface area contributed by atoms with Crippen molar-refractivity contribution in [2.75, 3.05) is 18.0 Å². The molecule has 0 radical (unpaired) electrons. The van der Waals surface area contributed by atoms with Crippen molar-refractivity contribution in [3.8, 4) is 5.75 Å². The van der Waals surface area contributed by atoms with Crippen LogP contribution in [0.4, 0.5) is 5.69 Å². The molecule has 1 N–H and O–H groups in total. The lowest BCUT2D eigenvalue weighted by molar-refractivity contribution is -0.129. The molecule has 0 fully saturated rings. The Hall–Kier alpha value is -2.04. The topological polar surface area (TPSA) is 58.6 Å². The van der Waals surface area contributed by atoms with E-state index in [1.807, 2.05) is 25.1 Å². The molecule has 1 aromatic carbocycles. The van der Waals surface area contributed by atoms with E-state index in [1.54, 1.807) is 6.07 Å². The first-order valence-electron chi connectivity index (χ1n) is 7.51. The molecule has 0 aromatic heterocycles. The quantitative estimate of drug-likeness (QED) is 0.816. The van der Waals surface area contributed by atoms with E-state index >= 15 is 0 Å². The molecule has 5 nitrogen and oxygen atoms in total. The fourth-order valence-corrected chi connectivity index (χ4v) is 2.30. The van der Waals surface area contributed by atoms with Crippen LogP contribution in [-0.2, 0) is 9.59 Å². The minimum Gasteiger partial charge on any atom is -0.478 e. The summed E-state index contributed by atoms with van der Waals surface area (Å²) in [5, 5.41) is 2.84. The van der Waals surface area contributed by atoms with Gasteiger partial charge in [-0.05, 0) is 25.0 Å². The smallest absolute Gasteiger partial charge is 0.268 e. The predicted molar refractivity (Wildman–Crippen MR) is 81.4 cm³/mol. The van der Waals surface area contributed by atoms with Gasteiger partial charge in [-0.1, -0.05) is 32.4 Å². The van der Waals surface area contributed by atoms with Crippen LogP contribution in [0.5, 0.6) is 5.75 Å². The maximum absolute atomic E-state index is 12.4. The molecular formula is C16H22N2O3. The van der Waals surface area contributed by atoms with E-state index in [-0.39, 0.29) is 18.4 Å². The molecule has 21 heavy (non-hydrogen) atoms. The summed E-state index contributed by atoms with van der Waals surface area (Å²) >= 11 is 0. The van der Waals surface area contributed by atoms with Crippen LogP contribution in [0.1, 0.15) is 33.1 Å². The summed E-state index contributed by atoms with van der Waals surface area (Å²) in [7, 11) is 0. The second kappa shape index (κ2) is 7.11. The van der Waals surface area contributed by atoms with E-state index in [0.717, 1.165) is 12.8 Å². The lowest BCUT2D eigenvalue weighted by Crippen LogP contribution is -2.49. The molecule has 0 spiro atoms. The number of para-hydroxylation sites is 2. The Morgan fingerprint density at radius 2 is 2.10 bits per heavy atom. The highest BCUT2D eigenvalue weighted by molar-refractivity contribution is 6.03. The lowest BCUT2D eigenvalue weighted by atomic mass is 10.1. The molecule has 1 aliphatic heterocycles. The van der Waals surface area contributed by atoms with Gasteiger partial charge >= 0.3 is 0 Å². The van der Waals surface area contributed by atoms with Gasteiger partial charge in [0.25, 0.3) is 5.91 Å². The molecule has 1 aliphatic rings. The second-order valence-electron chi connectivity index (χ2n) is 5.11. The summed E-state index contributed by atoms with van der Waals surface area (Å²) in [6, 6.07) is 7.33. The van der Waals surface area contributed by atoms with Crippen molar-refractivity contribution in [1.82, 2.24) is 5.32 Å². The molecule has 0 saturated carbocycles. The number of unbranched alkanes of at least 4 members (excludes halogenated alkanes) is 1. The monoisotopic (exact) mass is 290 g/mol.